The summed E-state index contributed by atoms with van der Waals surface area (Å²) in [6, 6.07) is 11.4. The molecule has 0 saturated heterocycles. The number of allylic oxidation sites excluding steroid dienone is 1. The molecule has 1 aliphatic rings. The number of ketones is 1. The predicted octanol–water partition coefficient (Wildman–Crippen LogP) is 5.06. The Balaban J connectivity index is 1.84. The van der Waals surface area contributed by atoms with Crippen LogP contribution in [0.3, 0.4) is 0 Å². The summed E-state index contributed by atoms with van der Waals surface area (Å²) in [7, 11) is 0. The van der Waals surface area contributed by atoms with Gasteiger partial charge in [-0.25, -0.2) is 0 Å². The van der Waals surface area contributed by atoms with E-state index in [-0.39, 0.29) is 11.8 Å². The maximum Gasteiger partial charge on any atom is 0.416 e. The second-order valence-electron chi connectivity index (χ2n) is 5.54. The molecule has 0 radical (unpaired) electrons. The number of anilines is 1. The number of rotatable bonds is 3. The van der Waals surface area contributed by atoms with Crippen LogP contribution in [0.2, 0.25) is 5.02 Å². The Bertz CT molecular complexity index is 784. The van der Waals surface area contributed by atoms with Crippen molar-refractivity contribution in [3.8, 4) is 0 Å². The van der Waals surface area contributed by atoms with E-state index in [1.54, 1.807) is 24.3 Å². The molecule has 124 valence electrons. The number of halogens is 4. The first-order valence-electron chi connectivity index (χ1n) is 7.26. The summed E-state index contributed by atoms with van der Waals surface area (Å²) in [6.45, 7) is 0. The van der Waals surface area contributed by atoms with Crippen molar-refractivity contribution in [2.75, 3.05) is 5.32 Å². The van der Waals surface area contributed by atoms with E-state index in [0.29, 0.717) is 10.6 Å². The third-order valence-electron chi connectivity index (χ3n) is 3.89. The fourth-order valence-corrected chi connectivity index (χ4v) is 2.93. The number of carbonyl (C=O) groups excluding carboxylic acids is 1. The molecule has 0 unspecified atom stereocenters. The van der Waals surface area contributed by atoms with Crippen LogP contribution < -0.4 is 5.32 Å². The Morgan fingerprint density at radius 2 is 1.75 bits per heavy atom. The van der Waals surface area contributed by atoms with Crippen molar-refractivity contribution in [1.29, 1.82) is 0 Å². The average Bonchev–Trinajstić information content (AvgIpc) is 2.87. The molecule has 0 fully saturated rings. The zero-order valence-electron chi connectivity index (χ0n) is 12.3. The number of hydrogen-bond donors (Lipinski definition) is 1. The molecule has 2 aromatic rings. The van der Waals surface area contributed by atoms with Gasteiger partial charge in [-0.05, 0) is 42.0 Å². The van der Waals surface area contributed by atoms with Gasteiger partial charge in [-0.3, -0.25) is 4.79 Å². The van der Waals surface area contributed by atoms with Crippen molar-refractivity contribution in [2.45, 2.75) is 18.1 Å². The van der Waals surface area contributed by atoms with E-state index in [1.807, 2.05) is 6.07 Å². The first kappa shape index (κ1) is 16.6. The van der Waals surface area contributed by atoms with E-state index in [4.69, 9.17) is 11.6 Å². The summed E-state index contributed by atoms with van der Waals surface area (Å²) in [5.74, 6) is -0.708. The lowest BCUT2D eigenvalue weighted by Crippen LogP contribution is -2.26. The molecule has 0 spiro atoms. The zero-order chi connectivity index (χ0) is 17.3. The molecule has 0 aromatic heterocycles. The molecule has 2 nitrogen and oxygen atoms in total. The summed E-state index contributed by atoms with van der Waals surface area (Å²) < 4.78 is 38.0. The fourth-order valence-electron chi connectivity index (χ4n) is 2.74. The molecule has 3 rings (SSSR count). The van der Waals surface area contributed by atoms with Gasteiger partial charge < -0.3 is 5.32 Å². The highest BCUT2D eigenvalue weighted by atomic mass is 35.5. The van der Waals surface area contributed by atoms with E-state index in [2.05, 4.69) is 5.32 Å². The van der Waals surface area contributed by atoms with Crippen LogP contribution in [0.5, 0.6) is 0 Å². The second kappa shape index (κ2) is 6.32. The Hall–Kier alpha value is -2.27. The maximum absolute atomic E-state index is 12.7. The van der Waals surface area contributed by atoms with Crippen LogP contribution in [0.1, 0.15) is 17.0 Å². The predicted molar refractivity (Wildman–Crippen MR) is 87.2 cm³/mol. The van der Waals surface area contributed by atoms with Crippen LogP contribution in [-0.2, 0) is 11.0 Å². The number of benzene rings is 2. The van der Waals surface area contributed by atoms with Gasteiger partial charge in [-0.15, -0.1) is 0 Å². The molecule has 24 heavy (non-hydrogen) atoms. The van der Waals surface area contributed by atoms with Gasteiger partial charge in [0, 0.05) is 10.7 Å². The van der Waals surface area contributed by atoms with Gasteiger partial charge in [0.25, 0.3) is 0 Å². The van der Waals surface area contributed by atoms with Gasteiger partial charge in [0.1, 0.15) is 0 Å². The summed E-state index contributed by atoms with van der Waals surface area (Å²) in [6.07, 6.45) is -1.23. The van der Waals surface area contributed by atoms with Crippen molar-refractivity contribution < 1.29 is 18.0 Å². The standard InChI is InChI=1S/C18H13ClF3NO/c19-13-2-1-3-14(10-13)23-15-8-9-16(24)17(15)11-4-6-12(7-5-11)18(20,21)22/h1-10,15,17,23H/t15-,17+/m1/s1. The minimum absolute atomic E-state index is 0.144. The molecule has 2 aromatic carbocycles. The van der Waals surface area contributed by atoms with Crippen LogP contribution in [0, 0.1) is 0 Å². The van der Waals surface area contributed by atoms with Crippen molar-refractivity contribution in [3.05, 3.63) is 76.8 Å². The second-order valence-corrected chi connectivity index (χ2v) is 5.98. The van der Waals surface area contributed by atoms with Crippen LogP contribution in [0.15, 0.2) is 60.7 Å². The molecular weight excluding hydrogens is 339 g/mol. The maximum atomic E-state index is 12.7. The van der Waals surface area contributed by atoms with Gasteiger partial charge in [0.15, 0.2) is 5.78 Å². The minimum Gasteiger partial charge on any atom is -0.378 e. The lowest BCUT2D eigenvalue weighted by molar-refractivity contribution is -0.137. The van der Waals surface area contributed by atoms with Crippen molar-refractivity contribution in [1.82, 2.24) is 0 Å². The molecule has 0 saturated carbocycles. The van der Waals surface area contributed by atoms with Crippen molar-refractivity contribution >= 4 is 23.1 Å². The largest absolute Gasteiger partial charge is 0.416 e. The Morgan fingerprint density at radius 1 is 1.04 bits per heavy atom. The topological polar surface area (TPSA) is 29.1 Å². The molecule has 0 bridgehead atoms. The molecule has 0 aliphatic heterocycles. The van der Waals surface area contributed by atoms with Crippen molar-refractivity contribution in [2.24, 2.45) is 0 Å². The van der Waals surface area contributed by atoms with Gasteiger partial charge >= 0.3 is 6.18 Å². The fraction of sp³-hybridized carbons (Fsp3) is 0.167. The van der Waals surface area contributed by atoms with E-state index in [1.165, 1.54) is 18.2 Å². The third-order valence-corrected chi connectivity index (χ3v) is 4.12. The van der Waals surface area contributed by atoms with Gasteiger partial charge in [0.05, 0.1) is 17.5 Å². The number of hydrogen-bond acceptors (Lipinski definition) is 2. The Morgan fingerprint density at radius 3 is 2.38 bits per heavy atom. The Labute approximate surface area is 141 Å². The average molecular weight is 352 g/mol. The van der Waals surface area contributed by atoms with Gasteiger partial charge in [-0.2, -0.15) is 13.2 Å². The highest BCUT2D eigenvalue weighted by Crippen LogP contribution is 2.33. The normalized spacial score (nSPS) is 20.4. The summed E-state index contributed by atoms with van der Waals surface area (Å²) >= 11 is 5.94. The summed E-state index contributed by atoms with van der Waals surface area (Å²) in [4.78, 5) is 12.1. The van der Waals surface area contributed by atoms with E-state index in [9.17, 15) is 18.0 Å². The molecule has 2 atom stereocenters. The Kier molecular flexibility index (Phi) is 4.37. The molecule has 6 heteroatoms. The molecule has 1 N–H and O–H groups in total. The van der Waals surface area contributed by atoms with Crippen LogP contribution >= 0.6 is 11.6 Å². The van der Waals surface area contributed by atoms with Crippen molar-refractivity contribution in [3.63, 3.8) is 0 Å². The third kappa shape index (κ3) is 3.46. The monoisotopic (exact) mass is 351 g/mol. The first-order chi connectivity index (χ1) is 11.3. The quantitative estimate of drug-likeness (QED) is 0.837. The first-order valence-corrected chi connectivity index (χ1v) is 7.64. The van der Waals surface area contributed by atoms with E-state index < -0.39 is 17.7 Å². The smallest absolute Gasteiger partial charge is 0.378 e. The van der Waals surface area contributed by atoms with Crippen LogP contribution in [0.25, 0.3) is 0 Å². The SMILES string of the molecule is O=C1C=C[C@@H](Nc2cccc(Cl)c2)[C@@H]1c1ccc(C(F)(F)F)cc1. The van der Waals surface area contributed by atoms with Crippen LogP contribution in [-0.4, -0.2) is 11.8 Å². The van der Waals surface area contributed by atoms with E-state index in [0.717, 1.165) is 17.8 Å². The van der Waals surface area contributed by atoms with E-state index >= 15 is 0 Å². The zero-order valence-corrected chi connectivity index (χ0v) is 13.1. The number of carbonyl (C=O) groups is 1. The lowest BCUT2D eigenvalue weighted by Gasteiger charge is -2.21. The molecule has 0 amide bonds. The van der Waals surface area contributed by atoms with Gasteiger partial charge in [-0.1, -0.05) is 35.9 Å². The lowest BCUT2D eigenvalue weighted by atomic mass is 9.91. The molecule has 0 heterocycles. The van der Waals surface area contributed by atoms with Gasteiger partial charge in [0.2, 0.25) is 0 Å². The summed E-state index contributed by atoms with van der Waals surface area (Å²) in [5.41, 5.74) is 0.547. The summed E-state index contributed by atoms with van der Waals surface area (Å²) in [5, 5.41) is 3.75. The number of alkyl halides is 3. The highest BCUT2D eigenvalue weighted by Gasteiger charge is 2.34. The number of nitrogens with one attached hydrogen (secondary N) is 1. The minimum atomic E-state index is -4.39. The van der Waals surface area contributed by atoms with Crippen LogP contribution in [0.4, 0.5) is 18.9 Å². The molecular formula is C18H13ClF3NO. The highest BCUT2D eigenvalue weighted by molar-refractivity contribution is 6.30. The molecule has 1 aliphatic carbocycles.